The second kappa shape index (κ2) is 8.93. The highest BCUT2D eigenvalue weighted by molar-refractivity contribution is 7.98. The fourth-order valence-corrected chi connectivity index (χ4v) is 6.94. The van der Waals surface area contributed by atoms with Crippen LogP contribution in [0.3, 0.4) is 0 Å². The van der Waals surface area contributed by atoms with E-state index in [1.807, 2.05) is 61.7 Å². The molecule has 3 atom stereocenters. The number of carbonyl (C=O) groups excluding carboxylic acids is 3. The molecule has 7 rings (SSSR count). The largest absolute Gasteiger partial charge is 0.324 e. The predicted octanol–water partition coefficient (Wildman–Crippen LogP) is 4.95. The number of thioether (sulfide) groups is 1. The molecule has 0 spiro atoms. The van der Waals surface area contributed by atoms with Crippen molar-refractivity contribution in [2.75, 3.05) is 17.3 Å². The molecule has 0 unspecified atom stereocenters. The summed E-state index contributed by atoms with van der Waals surface area (Å²) in [4.78, 5) is 43.0. The first-order chi connectivity index (χ1) is 17.5. The lowest BCUT2D eigenvalue weighted by Gasteiger charge is -2.45. The van der Waals surface area contributed by atoms with Gasteiger partial charge < -0.3 is 5.32 Å². The average Bonchev–Trinajstić information content (AvgIpc) is 3.16. The monoisotopic (exact) mass is 496 g/mol. The smallest absolute Gasteiger partial charge is 0.247 e. The van der Waals surface area contributed by atoms with Gasteiger partial charge in [-0.15, -0.1) is 0 Å². The van der Waals surface area contributed by atoms with E-state index in [2.05, 4.69) is 29.6 Å². The van der Waals surface area contributed by atoms with Crippen molar-refractivity contribution < 1.29 is 14.4 Å². The molecule has 36 heavy (non-hydrogen) atoms. The summed E-state index contributed by atoms with van der Waals surface area (Å²) in [6, 6.07) is 23.1. The van der Waals surface area contributed by atoms with Crippen LogP contribution < -0.4 is 5.32 Å². The minimum atomic E-state index is -0.838. The van der Waals surface area contributed by atoms with Crippen molar-refractivity contribution in [3.05, 3.63) is 101 Å². The van der Waals surface area contributed by atoms with Crippen molar-refractivity contribution in [3.8, 4) is 0 Å². The van der Waals surface area contributed by atoms with Gasteiger partial charge in [0.1, 0.15) is 6.04 Å². The maximum absolute atomic E-state index is 14.1. The van der Waals surface area contributed by atoms with Gasteiger partial charge in [0.25, 0.3) is 0 Å². The Labute approximate surface area is 215 Å². The Kier molecular flexibility index (Phi) is 5.72. The molecule has 3 aromatic carbocycles. The quantitative estimate of drug-likeness (QED) is 0.491. The molecule has 4 aliphatic rings. The molecule has 1 aliphatic heterocycles. The molecular formula is C30H28N2O3S. The summed E-state index contributed by atoms with van der Waals surface area (Å²) >= 11 is 1.61. The van der Waals surface area contributed by atoms with Crippen molar-refractivity contribution in [2.45, 2.75) is 31.2 Å². The van der Waals surface area contributed by atoms with Crippen LogP contribution in [0.25, 0.3) is 0 Å². The highest BCUT2D eigenvalue weighted by atomic mass is 32.2. The van der Waals surface area contributed by atoms with Gasteiger partial charge in [-0.25, -0.2) is 0 Å². The second-order valence-electron chi connectivity index (χ2n) is 9.96. The van der Waals surface area contributed by atoms with Gasteiger partial charge in [-0.2, -0.15) is 11.8 Å². The fourth-order valence-electron chi connectivity index (χ4n) is 6.48. The minimum absolute atomic E-state index is 0.171. The van der Waals surface area contributed by atoms with Crippen molar-refractivity contribution in [2.24, 2.45) is 11.8 Å². The van der Waals surface area contributed by atoms with Crippen LogP contribution in [0, 0.1) is 18.8 Å². The highest BCUT2D eigenvalue weighted by Crippen LogP contribution is 2.61. The maximum Gasteiger partial charge on any atom is 0.247 e. The number of benzene rings is 3. The Morgan fingerprint density at radius 3 is 1.75 bits per heavy atom. The van der Waals surface area contributed by atoms with E-state index in [9.17, 15) is 14.4 Å². The van der Waals surface area contributed by atoms with Crippen LogP contribution in [0.5, 0.6) is 0 Å². The van der Waals surface area contributed by atoms with E-state index >= 15 is 0 Å². The molecule has 3 aliphatic carbocycles. The van der Waals surface area contributed by atoms with Gasteiger partial charge in [-0.3, -0.25) is 19.3 Å². The number of carbonyl (C=O) groups is 3. The molecule has 5 nitrogen and oxygen atoms in total. The molecule has 0 saturated carbocycles. The Balaban J connectivity index is 1.39. The molecule has 3 aromatic rings. The average molecular weight is 497 g/mol. The van der Waals surface area contributed by atoms with Crippen LogP contribution >= 0.6 is 11.8 Å². The summed E-state index contributed by atoms with van der Waals surface area (Å²) in [7, 11) is 0. The third-order valence-corrected chi connectivity index (χ3v) is 8.66. The standard InChI is InChI=1S/C30H28N2O3S/c1-17-11-13-18(14-12-17)31-28(33)23(15-16-36-2)32-29(34)26-24-19-7-3-4-8-20(19)25(27(26)30(32)35)22-10-6-5-9-21(22)24/h3-14,23-27H,15-16H2,1-2H3,(H,31,33)/t23-,24?,25?,26-,27-/m0/s1. The molecule has 1 fully saturated rings. The zero-order chi connectivity index (χ0) is 25.0. The van der Waals surface area contributed by atoms with Crippen LogP contribution in [-0.2, 0) is 14.4 Å². The highest BCUT2D eigenvalue weighted by Gasteiger charge is 2.62. The van der Waals surface area contributed by atoms with Crippen LogP contribution in [0.4, 0.5) is 5.69 Å². The number of anilines is 1. The first kappa shape index (κ1) is 23.0. The van der Waals surface area contributed by atoms with Crippen molar-refractivity contribution in [1.82, 2.24) is 4.90 Å². The van der Waals surface area contributed by atoms with Gasteiger partial charge in [-0.1, -0.05) is 66.2 Å². The normalized spacial score (nSPS) is 24.2. The lowest BCUT2D eigenvalue weighted by molar-refractivity contribution is -0.146. The van der Waals surface area contributed by atoms with Crippen molar-refractivity contribution >= 4 is 35.2 Å². The number of amides is 3. The minimum Gasteiger partial charge on any atom is -0.324 e. The lowest BCUT2D eigenvalue weighted by Crippen LogP contribution is -2.48. The number of rotatable bonds is 6. The molecule has 6 heteroatoms. The Bertz CT molecular complexity index is 1250. The van der Waals surface area contributed by atoms with Gasteiger partial charge in [0.15, 0.2) is 0 Å². The van der Waals surface area contributed by atoms with Gasteiger partial charge in [0.05, 0.1) is 11.8 Å². The third kappa shape index (κ3) is 3.42. The van der Waals surface area contributed by atoms with Gasteiger partial charge in [0.2, 0.25) is 17.7 Å². The van der Waals surface area contributed by atoms with Gasteiger partial charge >= 0.3 is 0 Å². The molecular weight excluding hydrogens is 468 g/mol. The zero-order valence-corrected chi connectivity index (χ0v) is 21.1. The summed E-state index contributed by atoms with van der Waals surface area (Å²) < 4.78 is 0. The third-order valence-electron chi connectivity index (χ3n) is 8.01. The summed E-state index contributed by atoms with van der Waals surface area (Å²) in [6.07, 6.45) is 2.39. The maximum atomic E-state index is 14.1. The van der Waals surface area contributed by atoms with E-state index in [1.54, 1.807) is 11.8 Å². The number of nitrogens with zero attached hydrogens (tertiary/aromatic N) is 1. The number of likely N-dealkylation sites (tertiary alicyclic amines) is 1. The van der Waals surface area contributed by atoms with Crippen LogP contribution in [0.2, 0.25) is 0 Å². The molecule has 0 radical (unpaired) electrons. The molecule has 0 aromatic heterocycles. The summed E-state index contributed by atoms with van der Waals surface area (Å²) in [5.74, 6) is -1.36. The van der Waals surface area contributed by atoms with Gasteiger partial charge in [0, 0.05) is 17.5 Å². The van der Waals surface area contributed by atoms with E-state index in [-0.39, 0.29) is 29.6 Å². The summed E-state index contributed by atoms with van der Waals surface area (Å²) in [5.41, 5.74) is 6.29. The molecule has 3 amide bonds. The molecule has 182 valence electrons. The van der Waals surface area contributed by atoms with Crippen LogP contribution in [-0.4, -0.2) is 40.7 Å². The summed E-state index contributed by atoms with van der Waals surface area (Å²) in [5, 5.41) is 2.96. The first-order valence-corrected chi connectivity index (χ1v) is 13.8. The SMILES string of the molecule is CSCC[C@@H](C(=O)Nc1ccc(C)cc1)N1C(=O)[C@H]2C3c4ccccc4C(c4ccccc43)[C@@H]2C1=O. The molecule has 2 bridgehead atoms. The van der Waals surface area contributed by atoms with Gasteiger partial charge in [-0.05, 0) is 59.7 Å². The van der Waals surface area contributed by atoms with E-state index in [1.165, 1.54) is 4.90 Å². The number of hydrogen-bond acceptors (Lipinski definition) is 4. The zero-order valence-electron chi connectivity index (χ0n) is 20.3. The van der Waals surface area contributed by atoms with Crippen LogP contribution in [0.15, 0.2) is 72.8 Å². The van der Waals surface area contributed by atoms with E-state index in [0.29, 0.717) is 17.9 Å². The topological polar surface area (TPSA) is 66.5 Å². The van der Waals surface area contributed by atoms with Crippen molar-refractivity contribution in [1.29, 1.82) is 0 Å². The Hall–Kier alpha value is -3.38. The predicted molar refractivity (Wildman–Crippen MR) is 142 cm³/mol. The first-order valence-electron chi connectivity index (χ1n) is 12.4. The Morgan fingerprint density at radius 2 is 1.31 bits per heavy atom. The molecule has 1 saturated heterocycles. The fraction of sp³-hybridized carbons (Fsp3) is 0.300. The van der Waals surface area contributed by atoms with E-state index in [4.69, 9.17) is 0 Å². The Morgan fingerprint density at radius 1 is 0.833 bits per heavy atom. The molecule has 1 N–H and O–H groups in total. The number of aryl methyl sites for hydroxylation is 1. The number of nitrogens with one attached hydrogen (secondary N) is 1. The number of imide groups is 1. The van der Waals surface area contributed by atoms with Crippen molar-refractivity contribution in [3.63, 3.8) is 0 Å². The van der Waals surface area contributed by atoms with Crippen LogP contribution in [0.1, 0.15) is 46.1 Å². The lowest BCUT2D eigenvalue weighted by atomic mass is 9.55. The summed E-state index contributed by atoms with van der Waals surface area (Å²) in [6.45, 7) is 1.99. The van der Waals surface area contributed by atoms with E-state index < -0.39 is 17.9 Å². The second-order valence-corrected chi connectivity index (χ2v) is 10.9. The van der Waals surface area contributed by atoms with E-state index in [0.717, 1.165) is 27.8 Å². The number of hydrogen-bond donors (Lipinski definition) is 1. The molecule has 1 heterocycles.